The van der Waals surface area contributed by atoms with Gasteiger partial charge in [0.2, 0.25) is 5.91 Å². The molecule has 0 aromatic rings. The third kappa shape index (κ3) is 3.78. The van der Waals surface area contributed by atoms with Crippen molar-refractivity contribution in [1.82, 2.24) is 5.32 Å². The van der Waals surface area contributed by atoms with Gasteiger partial charge in [-0.2, -0.15) is 0 Å². The summed E-state index contributed by atoms with van der Waals surface area (Å²) in [5, 5.41) is 3.13. The van der Waals surface area contributed by atoms with Crippen LogP contribution in [0.4, 0.5) is 0 Å². The van der Waals surface area contributed by atoms with Crippen LogP contribution in [0.3, 0.4) is 0 Å². The highest BCUT2D eigenvalue weighted by atomic mass is 16.2. The molecule has 0 saturated heterocycles. The molecule has 1 atom stereocenters. The van der Waals surface area contributed by atoms with Crippen LogP contribution in [0.5, 0.6) is 0 Å². The van der Waals surface area contributed by atoms with E-state index in [4.69, 9.17) is 5.73 Å². The summed E-state index contributed by atoms with van der Waals surface area (Å²) in [5.41, 5.74) is 5.35. The lowest BCUT2D eigenvalue weighted by atomic mass is 9.75. The third-order valence-corrected chi connectivity index (χ3v) is 3.72. The first-order valence-electron chi connectivity index (χ1n) is 6.59. The Hall–Kier alpha value is -0.570. The van der Waals surface area contributed by atoms with Crippen molar-refractivity contribution in [3.63, 3.8) is 0 Å². The fourth-order valence-electron chi connectivity index (χ4n) is 2.45. The quantitative estimate of drug-likeness (QED) is 0.755. The van der Waals surface area contributed by atoms with E-state index in [0.29, 0.717) is 6.54 Å². The molecule has 1 aliphatic carbocycles. The highest BCUT2D eigenvalue weighted by Gasteiger charge is 2.34. The average molecular weight is 226 g/mol. The summed E-state index contributed by atoms with van der Waals surface area (Å²) in [6.45, 7) is 4.88. The molecular weight excluding hydrogens is 200 g/mol. The van der Waals surface area contributed by atoms with Crippen molar-refractivity contribution in [3.8, 4) is 0 Å². The molecule has 0 aliphatic heterocycles. The molecule has 0 aromatic carbocycles. The maximum atomic E-state index is 12.2. The lowest BCUT2D eigenvalue weighted by Crippen LogP contribution is -2.44. The van der Waals surface area contributed by atoms with Crippen LogP contribution >= 0.6 is 0 Å². The van der Waals surface area contributed by atoms with Gasteiger partial charge in [0.1, 0.15) is 0 Å². The Bertz CT molecular complexity index is 222. The molecule has 1 aliphatic rings. The second kappa shape index (κ2) is 6.24. The summed E-state index contributed by atoms with van der Waals surface area (Å²) in [7, 11) is 0. The molecule has 0 bridgehead atoms. The maximum Gasteiger partial charge on any atom is 0.226 e. The van der Waals surface area contributed by atoms with E-state index in [2.05, 4.69) is 19.2 Å². The number of carbonyl (C=O) groups is 1. The Morgan fingerprint density at radius 3 is 2.56 bits per heavy atom. The Morgan fingerprint density at radius 2 is 2.00 bits per heavy atom. The first-order chi connectivity index (χ1) is 7.58. The smallest absolute Gasteiger partial charge is 0.226 e. The molecule has 3 N–H and O–H groups in total. The van der Waals surface area contributed by atoms with Crippen LogP contribution in [0.25, 0.3) is 0 Å². The Morgan fingerprint density at radius 1 is 1.38 bits per heavy atom. The summed E-state index contributed by atoms with van der Waals surface area (Å²) in [5.74, 6) is 0.247. The lowest BCUT2D eigenvalue weighted by Gasteiger charge is -2.33. The molecule has 1 saturated carbocycles. The van der Waals surface area contributed by atoms with Crippen molar-refractivity contribution in [2.24, 2.45) is 11.1 Å². The SMILES string of the molecule is CC(CCCN)NC(=O)C1(C)CCCCC1. The van der Waals surface area contributed by atoms with E-state index in [1.165, 1.54) is 19.3 Å². The van der Waals surface area contributed by atoms with Crippen LogP contribution in [0.15, 0.2) is 0 Å². The maximum absolute atomic E-state index is 12.2. The second-order valence-corrected chi connectivity index (χ2v) is 5.43. The van der Waals surface area contributed by atoms with E-state index in [9.17, 15) is 4.79 Å². The molecule has 3 heteroatoms. The van der Waals surface area contributed by atoms with Gasteiger partial charge in [-0.1, -0.05) is 26.2 Å². The highest BCUT2D eigenvalue weighted by molar-refractivity contribution is 5.82. The molecule has 16 heavy (non-hydrogen) atoms. The van der Waals surface area contributed by atoms with E-state index < -0.39 is 0 Å². The number of nitrogens with two attached hydrogens (primary N) is 1. The summed E-state index contributed by atoms with van der Waals surface area (Å²) in [4.78, 5) is 12.2. The minimum Gasteiger partial charge on any atom is -0.353 e. The van der Waals surface area contributed by atoms with Crippen molar-refractivity contribution < 1.29 is 4.79 Å². The first kappa shape index (κ1) is 13.5. The van der Waals surface area contributed by atoms with Gasteiger partial charge in [-0.15, -0.1) is 0 Å². The number of hydrogen-bond donors (Lipinski definition) is 2. The van der Waals surface area contributed by atoms with Gasteiger partial charge < -0.3 is 11.1 Å². The minimum atomic E-state index is -0.116. The Labute approximate surface area is 99.2 Å². The van der Waals surface area contributed by atoms with E-state index in [-0.39, 0.29) is 17.4 Å². The molecule has 0 heterocycles. The van der Waals surface area contributed by atoms with Crippen molar-refractivity contribution in [2.75, 3.05) is 6.54 Å². The molecule has 1 amide bonds. The van der Waals surface area contributed by atoms with E-state index in [1.54, 1.807) is 0 Å². The first-order valence-corrected chi connectivity index (χ1v) is 6.59. The lowest BCUT2D eigenvalue weighted by molar-refractivity contribution is -0.132. The van der Waals surface area contributed by atoms with Gasteiger partial charge in [0, 0.05) is 11.5 Å². The topological polar surface area (TPSA) is 55.1 Å². The number of amides is 1. The van der Waals surface area contributed by atoms with Crippen molar-refractivity contribution >= 4 is 5.91 Å². The van der Waals surface area contributed by atoms with Crippen LogP contribution in [0.1, 0.15) is 58.8 Å². The monoisotopic (exact) mass is 226 g/mol. The van der Waals surface area contributed by atoms with Gasteiger partial charge in [-0.25, -0.2) is 0 Å². The van der Waals surface area contributed by atoms with Crippen LogP contribution in [0, 0.1) is 5.41 Å². The highest BCUT2D eigenvalue weighted by Crippen LogP contribution is 2.35. The molecular formula is C13H26N2O. The van der Waals surface area contributed by atoms with Crippen LogP contribution in [-0.2, 0) is 4.79 Å². The summed E-state index contributed by atoms with van der Waals surface area (Å²) in [6.07, 6.45) is 7.73. The molecule has 0 spiro atoms. The number of hydrogen-bond acceptors (Lipinski definition) is 2. The summed E-state index contributed by atoms with van der Waals surface area (Å²) in [6, 6.07) is 0.259. The molecule has 94 valence electrons. The molecule has 0 radical (unpaired) electrons. The zero-order valence-corrected chi connectivity index (χ0v) is 10.7. The van der Waals surface area contributed by atoms with Gasteiger partial charge in [0.15, 0.2) is 0 Å². The van der Waals surface area contributed by atoms with Crippen molar-refractivity contribution in [1.29, 1.82) is 0 Å². The predicted octanol–water partition coefficient (Wildman–Crippen LogP) is 2.20. The summed E-state index contributed by atoms with van der Waals surface area (Å²) < 4.78 is 0. The van der Waals surface area contributed by atoms with E-state index in [1.807, 2.05) is 0 Å². The molecule has 3 nitrogen and oxygen atoms in total. The number of rotatable bonds is 5. The number of carbonyl (C=O) groups excluding carboxylic acids is 1. The molecule has 0 aromatic heterocycles. The van der Waals surface area contributed by atoms with Crippen molar-refractivity contribution in [2.45, 2.75) is 64.8 Å². The van der Waals surface area contributed by atoms with Gasteiger partial charge >= 0.3 is 0 Å². The fraction of sp³-hybridized carbons (Fsp3) is 0.923. The zero-order chi connectivity index (χ0) is 12.0. The van der Waals surface area contributed by atoms with Gasteiger partial charge in [-0.05, 0) is 39.2 Å². The van der Waals surface area contributed by atoms with Gasteiger partial charge in [0.05, 0.1) is 0 Å². The van der Waals surface area contributed by atoms with Gasteiger partial charge in [0.25, 0.3) is 0 Å². The van der Waals surface area contributed by atoms with Crippen LogP contribution in [0.2, 0.25) is 0 Å². The second-order valence-electron chi connectivity index (χ2n) is 5.43. The van der Waals surface area contributed by atoms with Crippen LogP contribution < -0.4 is 11.1 Å². The standard InChI is InChI=1S/C13H26N2O/c1-11(7-6-10-14)15-12(16)13(2)8-4-3-5-9-13/h11H,3-10,14H2,1-2H3,(H,15,16). The Kier molecular flexibility index (Phi) is 5.26. The molecule has 1 rings (SSSR count). The average Bonchev–Trinajstić information content (AvgIpc) is 2.27. The Balaban J connectivity index is 2.38. The largest absolute Gasteiger partial charge is 0.353 e. The van der Waals surface area contributed by atoms with Gasteiger partial charge in [-0.3, -0.25) is 4.79 Å². The fourth-order valence-corrected chi connectivity index (χ4v) is 2.45. The van der Waals surface area contributed by atoms with Crippen molar-refractivity contribution in [3.05, 3.63) is 0 Å². The van der Waals surface area contributed by atoms with Crippen LogP contribution in [-0.4, -0.2) is 18.5 Å². The normalized spacial score (nSPS) is 21.4. The summed E-state index contributed by atoms with van der Waals surface area (Å²) >= 11 is 0. The van der Waals surface area contributed by atoms with E-state index in [0.717, 1.165) is 25.7 Å². The van der Waals surface area contributed by atoms with E-state index >= 15 is 0 Å². The third-order valence-electron chi connectivity index (χ3n) is 3.72. The zero-order valence-electron chi connectivity index (χ0n) is 10.7. The number of nitrogens with one attached hydrogen (secondary N) is 1. The molecule has 1 fully saturated rings. The predicted molar refractivity (Wildman–Crippen MR) is 67.1 cm³/mol. The molecule has 1 unspecified atom stereocenters. The minimum absolute atomic E-state index is 0.116.